The van der Waals surface area contributed by atoms with Crippen molar-refractivity contribution in [2.45, 2.75) is 25.3 Å². The van der Waals surface area contributed by atoms with E-state index >= 15 is 0 Å². The number of sulfonamides is 1. The lowest BCUT2D eigenvalue weighted by atomic mass is 10.2. The Kier molecular flexibility index (Phi) is 6.76. The number of ether oxygens (including phenoxy) is 2. The van der Waals surface area contributed by atoms with Gasteiger partial charge in [0.1, 0.15) is 12.4 Å². The Morgan fingerprint density at radius 1 is 1.00 bits per heavy atom. The highest BCUT2D eigenvalue weighted by Gasteiger charge is 2.21. The lowest BCUT2D eigenvalue weighted by Crippen LogP contribution is -2.30. The molecule has 0 saturated heterocycles. The minimum atomic E-state index is -3.54. The fourth-order valence-electron chi connectivity index (χ4n) is 2.52. The Morgan fingerprint density at radius 2 is 1.62 bits per heavy atom. The average molecular weight is 377 g/mol. The molecule has 0 amide bonds. The van der Waals surface area contributed by atoms with Crippen LogP contribution in [-0.2, 0) is 21.4 Å². The van der Waals surface area contributed by atoms with Gasteiger partial charge in [-0.1, -0.05) is 32.0 Å². The van der Waals surface area contributed by atoms with Crippen LogP contribution in [0.3, 0.4) is 0 Å². The zero-order chi connectivity index (χ0) is 19.2. The number of methoxy groups -OCH3 is 1. The molecule has 0 saturated carbocycles. The number of hydrogen-bond donors (Lipinski definition) is 0. The van der Waals surface area contributed by atoms with Gasteiger partial charge in [-0.15, -0.1) is 0 Å². The second kappa shape index (κ2) is 8.82. The van der Waals surface area contributed by atoms with Crippen LogP contribution in [0.15, 0.2) is 53.4 Å². The standard InChI is InChI=1S/C19H23NO5S/c1-4-20(5-2)26(22,23)17-12-10-15(11-13-17)19(21)25-14-16-8-6-7-9-18(16)24-3/h6-13H,4-5,14H2,1-3H3. The predicted octanol–water partition coefficient (Wildman–Crippen LogP) is 3.08. The summed E-state index contributed by atoms with van der Waals surface area (Å²) in [6.45, 7) is 4.42. The Hall–Kier alpha value is -2.38. The molecule has 0 heterocycles. The maximum absolute atomic E-state index is 12.5. The van der Waals surface area contributed by atoms with E-state index in [9.17, 15) is 13.2 Å². The van der Waals surface area contributed by atoms with E-state index in [4.69, 9.17) is 9.47 Å². The number of para-hydroxylation sites is 1. The van der Waals surface area contributed by atoms with Crippen LogP contribution in [-0.4, -0.2) is 38.9 Å². The van der Waals surface area contributed by atoms with Crippen molar-refractivity contribution in [3.05, 3.63) is 59.7 Å². The van der Waals surface area contributed by atoms with Gasteiger partial charge in [-0.3, -0.25) is 0 Å². The first kappa shape index (κ1) is 19.9. The second-order valence-corrected chi connectivity index (χ2v) is 7.44. The molecule has 0 bridgehead atoms. The SMILES string of the molecule is CCN(CC)S(=O)(=O)c1ccc(C(=O)OCc2ccccc2OC)cc1. The molecular weight excluding hydrogens is 354 g/mol. The van der Waals surface area contributed by atoms with Crippen molar-refractivity contribution >= 4 is 16.0 Å². The van der Waals surface area contributed by atoms with Crippen LogP contribution < -0.4 is 4.74 Å². The van der Waals surface area contributed by atoms with E-state index in [1.807, 2.05) is 18.2 Å². The molecule has 0 spiro atoms. The average Bonchev–Trinajstić information content (AvgIpc) is 2.67. The third-order valence-corrected chi connectivity index (χ3v) is 6.05. The van der Waals surface area contributed by atoms with Crippen molar-refractivity contribution < 1.29 is 22.7 Å². The van der Waals surface area contributed by atoms with Gasteiger partial charge in [-0.05, 0) is 30.3 Å². The molecule has 0 fully saturated rings. The molecule has 0 aromatic heterocycles. The van der Waals surface area contributed by atoms with Crippen LogP contribution in [0.1, 0.15) is 29.8 Å². The number of hydrogen-bond acceptors (Lipinski definition) is 5. The highest BCUT2D eigenvalue weighted by Crippen LogP contribution is 2.20. The number of carbonyl (C=O) groups is 1. The van der Waals surface area contributed by atoms with Crippen molar-refractivity contribution in [1.29, 1.82) is 0 Å². The maximum Gasteiger partial charge on any atom is 0.338 e. The lowest BCUT2D eigenvalue weighted by molar-refractivity contribution is 0.0470. The summed E-state index contributed by atoms with van der Waals surface area (Å²) in [5.74, 6) is 0.114. The van der Waals surface area contributed by atoms with Gasteiger partial charge >= 0.3 is 5.97 Å². The number of benzene rings is 2. The van der Waals surface area contributed by atoms with Gasteiger partial charge in [0.05, 0.1) is 17.6 Å². The number of esters is 1. The summed E-state index contributed by atoms with van der Waals surface area (Å²) in [7, 11) is -1.99. The Labute approximate surface area is 154 Å². The fraction of sp³-hybridized carbons (Fsp3) is 0.316. The first-order chi connectivity index (χ1) is 12.4. The molecule has 140 valence electrons. The molecule has 7 heteroatoms. The van der Waals surface area contributed by atoms with Gasteiger partial charge in [0.25, 0.3) is 0 Å². The van der Waals surface area contributed by atoms with Crippen LogP contribution in [0, 0.1) is 0 Å². The summed E-state index contributed by atoms with van der Waals surface area (Å²) in [5.41, 5.74) is 1.04. The van der Waals surface area contributed by atoms with E-state index in [1.165, 1.54) is 28.6 Å². The predicted molar refractivity (Wildman–Crippen MR) is 98.7 cm³/mol. The fourth-order valence-corrected chi connectivity index (χ4v) is 3.98. The van der Waals surface area contributed by atoms with E-state index < -0.39 is 16.0 Å². The maximum atomic E-state index is 12.5. The summed E-state index contributed by atoms with van der Waals surface area (Å²) in [4.78, 5) is 12.4. The summed E-state index contributed by atoms with van der Waals surface area (Å²) in [5, 5.41) is 0. The van der Waals surface area contributed by atoms with Gasteiger partial charge in [0, 0.05) is 18.7 Å². The van der Waals surface area contributed by atoms with Crippen molar-refractivity contribution in [1.82, 2.24) is 4.31 Å². The molecular formula is C19H23NO5S. The van der Waals surface area contributed by atoms with E-state index in [-0.39, 0.29) is 11.5 Å². The first-order valence-corrected chi connectivity index (χ1v) is 9.77. The van der Waals surface area contributed by atoms with E-state index in [1.54, 1.807) is 27.0 Å². The zero-order valence-electron chi connectivity index (χ0n) is 15.1. The molecule has 0 aliphatic rings. The molecule has 0 aliphatic heterocycles. The van der Waals surface area contributed by atoms with Crippen molar-refractivity contribution in [3.63, 3.8) is 0 Å². The highest BCUT2D eigenvalue weighted by atomic mass is 32.2. The largest absolute Gasteiger partial charge is 0.496 e. The molecule has 2 aromatic rings. The van der Waals surface area contributed by atoms with Crippen LogP contribution >= 0.6 is 0 Å². The molecule has 0 N–H and O–H groups in total. The van der Waals surface area contributed by atoms with Crippen LogP contribution in [0.4, 0.5) is 0 Å². The third-order valence-electron chi connectivity index (χ3n) is 3.98. The molecule has 0 atom stereocenters. The highest BCUT2D eigenvalue weighted by molar-refractivity contribution is 7.89. The normalized spacial score (nSPS) is 11.4. The Bertz CT molecular complexity index is 842. The van der Waals surface area contributed by atoms with Crippen LogP contribution in [0.2, 0.25) is 0 Å². The molecule has 0 radical (unpaired) electrons. The van der Waals surface area contributed by atoms with E-state index in [0.717, 1.165) is 5.56 Å². The van der Waals surface area contributed by atoms with Gasteiger partial charge < -0.3 is 9.47 Å². The van der Waals surface area contributed by atoms with Crippen molar-refractivity contribution in [3.8, 4) is 5.75 Å². The summed E-state index contributed by atoms with van der Waals surface area (Å²) in [6.07, 6.45) is 0. The quantitative estimate of drug-likeness (QED) is 0.661. The summed E-state index contributed by atoms with van der Waals surface area (Å²) in [6, 6.07) is 13.0. The number of rotatable bonds is 8. The monoisotopic (exact) mass is 377 g/mol. The topological polar surface area (TPSA) is 72.9 Å². The Morgan fingerprint density at radius 3 is 2.19 bits per heavy atom. The second-order valence-electron chi connectivity index (χ2n) is 5.50. The summed E-state index contributed by atoms with van der Waals surface area (Å²) < 4.78 is 36.8. The summed E-state index contributed by atoms with van der Waals surface area (Å²) >= 11 is 0. The van der Waals surface area contributed by atoms with Crippen molar-refractivity contribution in [2.24, 2.45) is 0 Å². The van der Waals surface area contributed by atoms with Gasteiger partial charge in [0.15, 0.2) is 0 Å². The van der Waals surface area contributed by atoms with Gasteiger partial charge in [0.2, 0.25) is 10.0 Å². The smallest absolute Gasteiger partial charge is 0.338 e. The molecule has 2 aromatic carbocycles. The van der Waals surface area contributed by atoms with E-state index in [0.29, 0.717) is 24.4 Å². The zero-order valence-corrected chi connectivity index (χ0v) is 16.0. The van der Waals surface area contributed by atoms with Gasteiger partial charge in [-0.2, -0.15) is 4.31 Å². The molecule has 0 unspecified atom stereocenters. The van der Waals surface area contributed by atoms with Crippen LogP contribution in [0.25, 0.3) is 0 Å². The van der Waals surface area contributed by atoms with E-state index in [2.05, 4.69) is 0 Å². The molecule has 26 heavy (non-hydrogen) atoms. The Balaban J connectivity index is 2.09. The minimum absolute atomic E-state index is 0.0718. The third kappa shape index (κ3) is 4.42. The molecule has 2 rings (SSSR count). The van der Waals surface area contributed by atoms with Crippen molar-refractivity contribution in [2.75, 3.05) is 20.2 Å². The lowest BCUT2D eigenvalue weighted by Gasteiger charge is -2.18. The molecule has 0 aliphatic carbocycles. The number of carbonyl (C=O) groups excluding carboxylic acids is 1. The van der Waals surface area contributed by atoms with Gasteiger partial charge in [-0.25, -0.2) is 13.2 Å². The number of nitrogens with zero attached hydrogens (tertiary/aromatic N) is 1. The minimum Gasteiger partial charge on any atom is -0.496 e. The first-order valence-electron chi connectivity index (χ1n) is 8.33. The molecule has 6 nitrogen and oxygen atoms in total. The van der Waals surface area contributed by atoms with Crippen LogP contribution in [0.5, 0.6) is 5.75 Å².